The molecule has 1 fully saturated rings. The molecule has 32 heavy (non-hydrogen) atoms. The van der Waals surface area contributed by atoms with Crippen LogP contribution in [0.2, 0.25) is 0 Å². The lowest BCUT2D eigenvalue weighted by atomic mass is 9.49. The van der Waals surface area contributed by atoms with E-state index < -0.39 is 0 Å². The molecule has 3 atom stereocenters. The summed E-state index contributed by atoms with van der Waals surface area (Å²) in [6.07, 6.45) is 6.95. The Morgan fingerprint density at radius 2 is 2.03 bits per heavy atom. The van der Waals surface area contributed by atoms with Crippen LogP contribution >= 0.6 is 0 Å². The standard InChI is InChI=1S/C27H43N3O2/c1-7-29(8-2)16-10-11-20(3)30(19-21-14-15-22-17-25(21)27(22,4)5)26(31)28-23-12-9-13-24(18-23)32-6/h9,12-14,18,20,22,25H,7-8,10-11,15-17,19H2,1-6H3,(H,28,31). The molecule has 0 aliphatic heterocycles. The quantitative estimate of drug-likeness (QED) is 0.426. The van der Waals surface area contributed by atoms with Gasteiger partial charge in [-0.1, -0.05) is 45.4 Å². The monoisotopic (exact) mass is 441 g/mol. The molecule has 3 unspecified atom stereocenters. The number of methoxy groups -OCH3 is 1. The van der Waals surface area contributed by atoms with E-state index in [9.17, 15) is 4.79 Å². The summed E-state index contributed by atoms with van der Waals surface area (Å²) >= 11 is 0. The van der Waals surface area contributed by atoms with Crippen LogP contribution in [0.1, 0.15) is 60.3 Å². The van der Waals surface area contributed by atoms with Gasteiger partial charge in [0.1, 0.15) is 5.75 Å². The van der Waals surface area contributed by atoms with Crippen molar-refractivity contribution in [3.63, 3.8) is 0 Å². The molecular formula is C27H43N3O2. The fourth-order valence-corrected chi connectivity index (χ4v) is 5.48. The fourth-order valence-electron chi connectivity index (χ4n) is 5.48. The lowest BCUT2D eigenvalue weighted by Gasteiger charge is -2.57. The number of benzene rings is 1. The molecule has 3 aliphatic rings. The molecule has 0 aromatic heterocycles. The minimum absolute atomic E-state index is 0.0197. The van der Waals surface area contributed by atoms with Crippen molar-refractivity contribution in [2.24, 2.45) is 17.3 Å². The third-order valence-electron chi connectivity index (χ3n) is 8.04. The maximum absolute atomic E-state index is 13.5. The first-order valence-corrected chi connectivity index (χ1v) is 12.4. The molecule has 3 aliphatic carbocycles. The van der Waals surface area contributed by atoms with Crippen molar-refractivity contribution < 1.29 is 9.53 Å². The van der Waals surface area contributed by atoms with Crippen LogP contribution in [-0.4, -0.2) is 55.2 Å². The van der Waals surface area contributed by atoms with E-state index in [2.05, 4.69) is 55.8 Å². The fraction of sp³-hybridized carbons (Fsp3) is 0.667. The second kappa shape index (κ2) is 10.7. The van der Waals surface area contributed by atoms with Crippen LogP contribution < -0.4 is 10.1 Å². The van der Waals surface area contributed by atoms with E-state index in [1.54, 1.807) is 7.11 Å². The average molecular weight is 442 g/mol. The molecule has 1 saturated carbocycles. The van der Waals surface area contributed by atoms with Crippen molar-refractivity contribution >= 4 is 11.7 Å². The zero-order valence-electron chi connectivity index (χ0n) is 21.0. The van der Waals surface area contributed by atoms with Gasteiger partial charge in [0.2, 0.25) is 0 Å². The van der Waals surface area contributed by atoms with E-state index in [1.165, 1.54) is 12.0 Å². The maximum Gasteiger partial charge on any atom is 0.322 e. The summed E-state index contributed by atoms with van der Waals surface area (Å²) in [6.45, 7) is 15.4. The first-order valence-electron chi connectivity index (χ1n) is 12.4. The number of carbonyl (C=O) groups is 1. The Kier molecular flexibility index (Phi) is 8.26. The number of urea groups is 1. The van der Waals surface area contributed by atoms with E-state index in [1.807, 2.05) is 24.3 Å². The van der Waals surface area contributed by atoms with Gasteiger partial charge in [-0.3, -0.25) is 0 Å². The topological polar surface area (TPSA) is 44.8 Å². The summed E-state index contributed by atoms with van der Waals surface area (Å²) in [5.41, 5.74) is 2.59. The molecule has 5 nitrogen and oxygen atoms in total. The van der Waals surface area contributed by atoms with Gasteiger partial charge in [0.15, 0.2) is 0 Å². The van der Waals surface area contributed by atoms with Crippen molar-refractivity contribution in [3.05, 3.63) is 35.9 Å². The van der Waals surface area contributed by atoms with Gasteiger partial charge in [-0.2, -0.15) is 0 Å². The molecule has 2 amide bonds. The molecule has 4 rings (SSSR count). The Hall–Kier alpha value is -2.01. The second-order valence-electron chi connectivity index (χ2n) is 10.1. The number of allylic oxidation sites excluding steroid dienone is 1. The highest BCUT2D eigenvalue weighted by atomic mass is 16.5. The van der Waals surface area contributed by atoms with Crippen LogP contribution in [-0.2, 0) is 0 Å². The second-order valence-corrected chi connectivity index (χ2v) is 10.1. The minimum Gasteiger partial charge on any atom is -0.497 e. The Morgan fingerprint density at radius 1 is 1.28 bits per heavy atom. The van der Waals surface area contributed by atoms with Crippen LogP contribution in [0.5, 0.6) is 5.75 Å². The summed E-state index contributed by atoms with van der Waals surface area (Å²) in [5.74, 6) is 2.16. The van der Waals surface area contributed by atoms with Crippen LogP contribution in [0, 0.1) is 17.3 Å². The summed E-state index contributed by atoms with van der Waals surface area (Å²) in [7, 11) is 1.65. The molecule has 1 aromatic carbocycles. The molecular weight excluding hydrogens is 398 g/mol. The van der Waals surface area contributed by atoms with Crippen LogP contribution in [0.15, 0.2) is 35.9 Å². The number of carbonyl (C=O) groups excluding carboxylic acids is 1. The van der Waals surface area contributed by atoms with Gasteiger partial charge >= 0.3 is 6.03 Å². The number of fused-ring (bicyclic) bond motifs is 1. The number of hydrogen-bond donors (Lipinski definition) is 1. The highest BCUT2D eigenvalue weighted by Crippen LogP contribution is 2.59. The average Bonchev–Trinajstić information content (AvgIpc) is 2.80. The van der Waals surface area contributed by atoms with Crippen LogP contribution in [0.25, 0.3) is 0 Å². The van der Waals surface area contributed by atoms with Crippen molar-refractivity contribution in [3.8, 4) is 5.75 Å². The van der Waals surface area contributed by atoms with Gasteiger partial charge in [0, 0.05) is 24.3 Å². The SMILES string of the molecule is CCN(CC)CCCC(C)N(CC1=CCC2CC1C2(C)C)C(=O)Nc1cccc(OC)c1. The first-order chi connectivity index (χ1) is 15.3. The lowest BCUT2D eigenvalue weighted by molar-refractivity contribution is -0.0103. The lowest BCUT2D eigenvalue weighted by Crippen LogP contribution is -2.51. The third-order valence-corrected chi connectivity index (χ3v) is 8.04. The summed E-state index contributed by atoms with van der Waals surface area (Å²) < 4.78 is 5.33. The Labute approximate surface area is 195 Å². The maximum atomic E-state index is 13.5. The zero-order valence-corrected chi connectivity index (χ0v) is 21.0. The van der Waals surface area contributed by atoms with Crippen molar-refractivity contribution in [2.75, 3.05) is 38.6 Å². The number of anilines is 1. The van der Waals surface area contributed by atoms with Crippen molar-refractivity contribution in [1.29, 1.82) is 0 Å². The van der Waals surface area contributed by atoms with Gasteiger partial charge in [0.05, 0.1) is 7.11 Å². The van der Waals surface area contributed by atoms with Gasteiger partial charge < -0.3 is 19.9 Å². The predicted molar refractivity (Wildman–Crippen MR) is 133 cm³/mol. The molecule has 1 aromatic rings. The predicted octanol–water partition coefficient (Wildman–Crippen LogP) is 6.03. The molecule has 1 N–H and O–H groups in total. The van der Waals surface area contributed by atoms with E-state index in [4.69, 9.17) is 4.74 Å². The summed E-state index contributed by atoms with van der Waals surface area (Å²) in [5, 5.41) is 3.13. The van der Waals surface area contributed by atoms with Crippen molar-refractivity contribution in [2.45, 2.75) is 66.3 Å². The van der Waals surface area contributed by atoms with E-state index in [0.717, 1.165) is 62.8 Å². The van der Waals surface area contributed by atoms with Crippen LogP contribution in [0.3, 0.4) is 0 Å². The van der Waals surface area contributed by atoms with Gasteiger partial charge in [-0.05, 0) is 81.6 Å². The van der Waals surface area contributed by atoms with E-state index in [-0.39, 0.29) is 12.1 Å². The molecule has 0 spiro atoms. The molecule has 2 bridgehead atoms. The number of amides is 2. The number of rotatable bonds is 11. The molecule has 5 heteroatoms. The molecule has 0 saturated heterocycles. The van der Waals surface area contributed by atoms with E-state index >= 15 is 0 Å². The number of hydrogen-bond acceptors (Lipinski definition) is 3. The Bertz CT molecular complexity index is 800. The first kappa shape index (κ1) is 24.6. The molecule has 0 heterocycles. The number of nitrogens with one attached hydrogen (secondary N) is 1. The molecule has 178 valence electrons. The smallest absolute Gasteiger partial charge is 0.322 e. The highest BCUT2D eigenvalue weighted by Gasteiger charge is 2.51. The summed E-state index contributed by atoms with van der Waals surface area (Å²) in [6, 6.07) is 7.76. The van der Waals surface area contributed by atoms with Crippen molar-refractivity contribution in [1.82, 2.24) is 9.80 Å². The molecule has 0 radical (unpaired) electrons. The Morgan fingerprint density at radius 3 is 2.66 bits per heavy atom. The van der Waals surface area contributed by atoms with E-state index in [0.29, 0.717) is 11.3 Å². The van der Waals surface area contributed by atoms with Gasteiger partial charge in [-0.15, -0.1) is 0 Å². The van der Waals surface area contributed by atoms with Gasteiger partial charge in [0.25, 0.3) is 0 Å². The van der Waals surface area contributed by atoms with Gasteiger partial charge in [-0.25, -0.2) is 4.79 Å². The number of nitrogens with zero attached hydrogens (tertiary/aromatic N) is 2. The summed E-state index contributed by atoms with van der Waals surface area (Å²) in [4.78, 5) is 18.0. The van der Waals surface area contributed by atoms with Crippen LogP contribution in [0.4, 0.5) is 10.5 Å². The largest absolute Gasteiger partial charge is 0.497 e. The zero-order chi connectivity index (χ0) is 23.3. The minimum atomic E-state index is -0.0197. The number of ether oxygens (including phenoxy) is 1. The third kappa shape index (κ3) is 5.48. The normalized spacial score (nSPS) is 22.0. The Balaban J connectivity index is 1.71. The highest BCUT2D eigenvalue weighted by molar-refractivity contribution is 5.90.